The lowest BCUT2D eigenvalue weighted by molar-refractivity contribution is -0.0434. The van der Waals surface area contributed by atoms with Crippen LogP contribution in [0.3, 0.4) is 0 Å². The molecule has 2 heteroatoms. The van der Waals surface area contributed by atoms with Crippen LogP contribution in [0.25, 0.3) is 0 Å². The van der Waals surface area contributed by atoms with Crippen LogP contribution in [0, 0.1) is 5.92 Å². The number of hydrogen-bond acceptors (Lipinski definition) is 2. The van der Waals surface area contributed by atoms with Crippen molar-refractivity contribution in [2.24, 2.45) is 5.92 Å². The Morgan fingerprint density at radius 3 is 2.58 bits per heavy atom. The molecule has 1 rings (SSSR count). The van der Waals surface area contributed by atoms with Gasteiger partial charge in [0.15, 0.2) is 0 Å². The van der Waals surface area contributed by atoms with E-state index in [0.717, 1.165) is 5.57 Å². The molecule has 12 heavy (non-hydrogen) atoms. The predicted molar refractivity (Wildman–Crippen MR) is 48.8 cm³/mol. The third-order valence-corrected chi connectivity index (χ3v) is 2.92. The summed E-state index contributed by atoms with van der Waals surface area (Å²) in [5.41, 5.74) is 0.291. The molecule has 2 unspecified atom stereocenters. The normalized spacial score (nSPS) is 36.8. The molecule has 0 aliphatic heterocycles. The topological polar surface area (TPSA) is 40.5 Å². The Kier molecular flexibility index (Phi) is 2.59. The Bertz CT molecular complexity index is 196. The van der Waals surface area contributed by atoms with Gasteiger partial charge < -0.3 is 10.2 Å². The van der Waals surface area contributed by atoms with E-state index in [1.807, 2.05) is 26.8 Å². The van der Waals surface area contributed by atoms with Crippen LogP contribution in [-0.2, 0) is 0 Å². The molecular weight excluding hydrogens is 152 g/mol. The van der Waals surface area contributed by atoms with E-state index in [1.54, 1.807) is 0 Å². The van der Waals surface area contributed by atoms with Gasteiger partial charge in [-0.1, -0.05) is 19.9 Å². The lowest BCUT2D eigenvalue weighted by Gasteiger charge is -2.36. The van der Waals surface area contributed by atoms with Crippen molar-refractivity contribution in [2.75, 3.05) is 0 Å². The molecule has 2 atom stereocenters. The minimum absolute atomic E-state index is 0.205. The summed E-state index contributed by atoms with van der Waals surface area (Å²) in [6.07, 6.45) is 2.64. The zero-order valence-electron chi connectivity index (χ0n) is 8.04. The van der Waals surface area contributed by atoms with Crippen molar-refractivity contribution in [3.63, 3.8) is 0 Å². The van der Waals surface area contributed by atoms with Crippen molar-refractivity contribution < 1.29 is 10.2 Å². The molecule has 0 spiro atoms. The molecule has 0 amide bonds. The van der Waals surface area contributed by atoms with E-state index in [1.165, 1.54) is 0 Å². The van der Waals surface area contributed by atoms with Gasteiger partial charge in [-0.15, -0.1) is 0 Å². The fourth-order valence-electron chi connectivity index (χ4n) is 1.52. The maximum atomic E-state index is 10.0. The average Bonchev–Trinajstić information content (AvgIpc) is 1.97. The van der Waals surface area contributed by atoms with Gasteiger partial charge in [-0.05, 0) is 24.8 Å². The third-order valence-electron chi connectivity index (χ3n) is 2.92. The minimum Gasteiger partial charge on any atom is -0.389 e. The van der Waals surface area contributed by atoms with Crippen LogP contribution in [0.1, 0.15) is 33.6 Å². The molecule has 2 nitrogen and oxygen atoms in total. The first kappa shape index (κ1) is 9.75. The second-order valence-corrected chi connectivity index (χ2v) is 4.13. The van der Waals surface area contributed by atoms with Crippen molar-refractivity contribution in [3.05, 3.63) is 11.6 Å². The monoisotopic (exact) mass is 170 g/mol. The lowest BCUT2D eigenvalue weighted by atomic mass is 9.77. The van der Waals surface area contributed by atoms with Crippen LogP contribution >= 0.6 is 0 Å². The summed E-state index contributed by atoms with van der Waals surface area (Å²) >= 11 is 0. The SMILES string of the molecule is CC1=CCC(O)(C(C)C)CC1O. The van der Waals surface area contributed by atoms with Gasteiger partial charge in [0.25, 0.3) is 0 Å². The van der Waals surface area contributed by atoms with Crippen molar-refractivity contribution in [1.29, 1.82) is 0 Å². The maximum Gasteiger partial charge on any atom is 0.0775 e. The summed E-state index contributed by atoms with van der Waals surface area (Å²) in [7, 11) is 0. The van der Waals surface area contributed by atoms with Crippen molar-refractivity contribution in [1.82, 2.24) is 0 Å². The van der Waals surface area contributed by atoms with Crippen LogP contribution in [0.2, 0.25) is 0 Å². The first-order valence-corrected chi connectivity index (χ1v) is 4.53. The maximum absolute atomic E-state index is 10.0. The van der Waals surface area contributed by atoms with Gasteiger partial charge in [-0.25, -0.2) is 0 Å². The Morgan fingerprint density at radius 1 is 1.58 bits per heavy atom. The fourth-order valence-corrected chi connectivity index (χ4v) is 1.52. The summed E-state index contributed by atoms with van der Waals surface area (Å²) in [6, 6.07) is 0. The smallest absolute Gasteiger partial charge is 0.0775 e. The Hall–Kier alpha value is -0.340. The van der Waals surface area contributed by atoms with Gasteiger partial charge in [-0.3, -0.25) is 0 Å². The van der Waals surface area contributed by atoms with Crippen molar-refractivity contribution in [2.45, 2.75) is 45.3 Å². The van der Waals surface area contributed by atoms with Gasteiger partial charge in [0.1, 0.15) is 0 Å². The molecule has 0 aromatic carbocycles. The van der Waals surface area contributed by atoms with Gasteiger partial charge in [-0.2, -0.15) is 0 Å². The molecule has 0 fully saturated rings. The first-order chi connectivity index (χ1) is 5.46. The van der Waals surface area contributed by atoms with Crippen molar-refractivity contribution in [3.8, 4) is 0 Å². The lowest BCUT2D eigenvalue weighted by Crippen LogP contribution is -2.41. The predicted octanol–water partition coefficient (Wildman–Crippen LogP) is 1.47. The molecule has 0 aromatic rings. The van der Waals surface area contributed by atoms with Crippen LogP contribution in [0.5, 0.6) is 0 Å². The largest absolute Gasteiger partial charge is 0.389 e. The minimum atomic E-state index is -0.696. The zero-order chi connectivity index (χ0) is 9.35. The summed E-state index contributed by atoms with van der Waals surface area (Å²) < 4.78 is 0. The summed E-state index contributed by atoms with van der Waals surface area (Å²) in [5.74, 6) is 0.205. The van der Waals surface area contributed by atoms with Gasteiger partial charge in [0, 0.05) is 6.42 Å². The Morgan fingerprint density at radius 2 is 2.17 bits per heavy atom. The van der Waals surface area contributed by atoms with Crippen LogP contribution < -0.4 is 0 Å². The van der Waals surface area contributed by atoms with E-state index in [9.17, 15) is 10.2 Å². The van der Waals surface area contributed by atoms with E-state index in [0.29, 0.717) is 12.8 Å². The summed E-state index contributed by atoms with van der Waals surface area (Å²) in [6.45, 7) is 5.88. The summed E-state index contributed by atoms with van der Waals surface area (Å²) in [4.78, 5) is 0. The van der Waals surface area contributed by atoms with Gasteiger partial charge in [0.05, 0.1) is 11.7 Å². The van der Waals surface area contributed by atoms with Gasteiger partial charge in [0.2, 0.25) is 0 Å². The fraction of sp³-hybridized carbons (Fsp3) is 0.800. The molecule has 1 aliphatic carbocycles. The van der Waals surface area contributed by atoms with E-state index >= 15 is 0 Å². The average molecular weight is 170 g/mol. The highest BCUT2D eigenvalue weighted by Gasteiger charge is 2.35. The molecule has 0 aromatic heterocycles. The van der Waals surface area contributed by atoms with E-state index < -0.39 is 11.7 Å². The molecule has 0 saturated heterocycles. The highest BCUT2D eigenvalue weighted by atomic mass is 16.3. The molecule has 0 radical (unpaired) electrons. The third kappa shape index (κ3) is 1.70. The molecule has 0 saturated carbocycles. The van der Waals surface area contributed by atoms with E-state index in [-0.39, 0.29) is 5.92 Å². The number of rotatable bonds is 1. The number of aliphatic hydroxyl groups excluding tert-OH is 1. The first-order valence-electron chi connectivity index (χ1n) is 4.53. The second kappa shape index (κ2) is 3.19. The standard InChI is InChI=1S/C10H18O2/c1-7(2)10(12)5-4-8(3)9(11)6-10/h4,7,9,11-12H,5-6H2,1-3H3. The molecule has 1 aliphatic rings. The van der Waals surface area contributed by atoms with Crippen LogP contribution in [0.15, 0.2) is 11.6 Å². The Labute approximate surface area is 73.9 Å². The molecule has 2 N–H and O–H groups in total. The molecule has 0 heterocycles. The quantitative estimate of drug-likeness (QED) is 0.585. The van der Waals surface area contributed by atoms with Crippen LogP contribution in [-0.4, -0.2) is 21.9 Å². The highest BCUT2D eigenvalue weighted by molar-refractivity contribution is 5.13. The molecule has 70 valence electrons. The van der Waals surface area contributed by atoms with E-state index in [2.05, 4.69) is 0 Å². The zero-order valence-corrected chi connectivity index (χ0v) is 8.04. The number of aliphatic hydroxyl groups is 2. The van der Waals surface area contributed by atoms with Crippen molar-refractivity contribution >= 4 is 0 Å². The Balaban J connectivity index is 2.75. The highest BCUT2D eigenvalue weighted by Crippen LogP contribution is 2.33. The van der Waals surface area contributed by atoms with E-state index in [4.69, 9.17) is 0 Å². The summed E-state index contributed by atoms with van der Waals surface area (Å²) in [5, 5.41) is 19.6. The molecule has 0 bridgehead atoms. The molecular formula is C10H18O2. The number of hydrogen-bond donors (Lipinski definition) is 2. The second-order valence-electron chi connectivity index (χ2n) is 4.13. The van der Waals surface area contributed by atoms with Gasteiger partial charge >= 0.3 is 0 Å². The van der Waals surface area contributed by atoms with Crippen LogP contribution in [0.4, 0.5) is 0 Å².